The fourth-order valence-electron chi connectivity index (χ4n) is 3.52. The smallest absolute Gasteiger partial charge is 0.227 e. The van der Waals surface area contributed by atoms with Crippen LogP contribution in [0.25, 0.3) is 0 Å². The van der Waals surface area contributed by atoms with Gasteiger partial charge in [0.1, 0.15) is 6.10 Å². The molecule has 1 amide bonds. The van der Waals surface area contributed by atoms with Gasteiger partial charge in [-0.1, -0.05) is 30.3 Å². The second-order valence-electron chi connectivity index (χ2n) is 6.19. The van der Waals surface area contributed by atoms with Crippen molar-refractivity contribution >= 4 is 5.91 Å². The van der Waals surface area contributed by atoms with Crippen molar-refractivity contribution in [2.45, 2.75) is 38.5 Å². The lowest BCUT2D eigenvalue weighted by molar-refractivity contribution is -0.156. The highest BCUT2D eigenvalue weighted by molar-refractivity contribution is 5.80. The van der Waals surface area contributed by atoms with Crippen LogP contribution in [0.1, 0.15) is 31.9 Å². The van der Waals surface area contributed by atoms with E-state index in [0.29, 0.717) is 6.61 Å². The number of hydrogen-bond acceptors (Lipinski definition) is 3. The summed E-state index contributed by atoms with van der Waals surface area (Å²) in [7, 11) is 0. The number of morpholine rings is 1. The van der Waals surface area contributed by atoms with Gasteiger partial charge in [0.2, 0.25) is 5.91 Å². The Bertz CT molecular complexity index is 485. The monoisotopic (exact) mass is 288 g/mol. The van der Waals surface area contributed by atoms with Crippen molar-refractivity contribution in [3.05, 3.63) is 35.9 Å². The zero-order valence-corrected chi connectivity index (χ0v) is 12.8. The molecule has 0 bridgehead atoms. The predicted octanol–water partition coefficient (Wildman–Crippen LogP) is 1.97. The number of amides is 1. The number of rotatable bonds is 2. The van der Waals surface area contributed by atoms with E-state index in [1.807, 2.05) is 18.2 Å². The van der Waals surface area contributed by atoms with E-state index in [9.17, 15) is 4.79 Å². The normalized spacial score (nSPS) is 33.1. The standard InChI is InChI=1S/C17H24N2O2/c1-12-11-21-16(14-6-4-3-5-7-14)13(2)19(12)17(20)15-8-9-18-10-15/h3-7,12-13,15-16,18H,8-11H2,1-2H3/t12-,13+,15+,16+/m1/s1. The van der Waals surface area contributed by atoms with Crippen molar-refractivity contribution in [2.24, 2.45) is 5.92 Å². The predicted molar refractivity (Wildman–Crippen MR) is 81.9 cm³/mol. The average Bonchev–Trinajstić information content (AvgIpc) is 3.02. The van der Waals surface area contributed by atoms with Crippen molar-refractivity contribution in [2.75, 3.05) is 19.7 Å². The van der Waals surface area contributed by atoms with E-state index < -0.39 is 0 Å². The minimum absolute atomic E-state index is 0.0271. The molecule has 1 aromatic rings. The van der Waals surface area contributed by atoms with Gasteiger partial charge in [-0.25, -0.2) is 0 Å². The molecule has 4 heteroatoms. The van der Waals surface area contributed by atoms with Crippen molar-refractivity contribution in [3.63, 3.8) is 0 Å². The fourth-order valence-corrected chi connectivity index (χ4v) is 3.52. The summed E-state index contributed by atoms with van der Waals surface area (Å²) < 4.78 is 6.02. The number of carbonyl (C=O) groups is 1. The van der Waals surface area contributed by atoms with Crippen LogP contribution in [-0.2, 0) is 9.53 Å². The maximum Gasteiger partial charge on any atom is 0.227 e. The fraction of sp³-hybridized carbons (Fsp3) is 0.588. The number of nitrogens with zero attached hydrogens (tertiary/aromatic N) is 1. The van der Waals surface area contributed by atoms with Crippen molar-refractivity contribution in [1.29, 1.82) is 0 Å². The molecular weight excluding hydrogens is 264 g/mol. The molecule has 0 unspecified atom stereocenters. The first-order chi connectivity index (χ1) is 10.2. The molecular formula is C17H24N2O2. The zero-order valence-electron chi connectivity index (χ0n) is 12.8. The molecule has 4 nitrogen and oxygen atoms in total. The number of nitrogens with one attached hydrogen (secondary N) is 1. The Kier molecular flexibility index (Phi) is 4.27. The first-order valence-corrected chi connectivity index (χ1v) is 7.88. The molecule has 2 heterocycles. The van der Waals surface area contributed by atoms with Gasteiger partial charge < -0.3 is 15.0 Å². The average molecular weight is 288 g/mol. The van der Waals surface area contributed by atoms with E-state index >= 15 is 0 Å². The van der Waals surface area contributed by atoms with Crippen LogP contribution in [0.5, 0.6) is 0 Å². The van der Waals surface area contributed by atoms with Crippen molar-refractivity contribution in [1.82, 2.24) is 10.2 Å². The Hall–Kier alpha value is -1.39. The number of ether oxygens (including phenoxy) is 1. The molecule has 0 aliphatic carbocycles. The van der Waals surface area contributed by atoms with E-state index in [0.717, 1.165) is 25.1 Å². The molecule has 0 saturated carbocycles. The second kappa shape index (κ2) is 6.16. The highest BCUT2D eigenvalue weighted by atomic mass is 16.5. The molecule has 4 atom stereocenters. The Morgan fingerprint density at radius 1 is 1.29 bits per heavy atom. The Labute approximate surface area is 126 Å². The lowest BCUT2D eigenvalue weighted by atomic mass is 9.96. The maximum absolute atomic E-state index is 12.8. The highest BCUT2D eigenvalue weighted by Gasteiger charge is 2.39. The Morgan fingerprint density at radius 3 is 2.71 bits per heavy atom. The van der Waals surface area contributed by atoms with Crippen molar-refractivity contribution in [3.8, 4) is 0 Å². The molecule has 0 aromatic heterocycles. The van der Waals surface area contributed by atoms with E-state index in [4.69, 9.17) is 4.74 Å². The summed E-state index contributed by atoms with van der Waals surface area (Å²) in [6.07, 6.45) is 0.923. The number of benzene rings is 1. The van der Waals surface area contributed by atoms with Crippen LogP contribution in [0.3, 0.4) is 0 Å². The lowest BCUT2D eigenvalue weighted by Crippen LogP contribution is -2.55. The molecule has 0 radical (unpaired) electrons. The summed E-state index contributed by atoms with van der Waals surface area (Å²) in [5.74, 6) is 0.411. The topological polar surface area (TPSA) is 41.6 Å². The van der Waals surface area contributed by atoms with Gasteiger partial charge in [-0.2, -0.15) is 0 Å². The first kappa shape index (κ1) is 14.5. The van der Waals surface area contributed by atoms with Crippen molar-refractivity contribution < 1.29 is 9.53 Å². The molecule has 2 fully saturated rings. The summed E-state index contributed by atoms with van der Waals surface area (Å²) in [5.41, 5.74) is 1.15. The van der Waals surface area contributed by atoms with Crippen LogP contribution in [-0.4, -0.2) is 42.6 Å². The Balaban J connectivity index is 1.80. The molecule has 2 saturated heterocycles. The largest absolute Gasteiger partial charge is 0.369 e. The minimum atomic E-state index is -0.0271. The zero-order chi connectivity index (χ0) is 14.8. The van der Waals surface area contributed by atoms with Gasteiger partial charge in [-0.15, -0.1) is 0 Å². The third kappa shape index (κ3) is 2.83. The van der Waals surface area contributed by atoms with E-state index in [-0.39, 0.29) is 30.0 Å². The van der Waals surface area contributed by atoms with Gasteiger partial charge in [0, 0.05) is 6.54 Å². The second-order valence-corrected chi connectivity index (χ2v) is 6.19. The molecule has 114 valence electrons. The minimum Gasteiger partial charge on any atom is -0.369 e. The summed E-state index contributed by atoms with van der Waals surface area (Å²) in [6, 6.07) is 10.4. The molecule has 1 N–H and O–H groups in total. The third-order valence-electron chi connectivity index (χ3n) is 4.66. The molecule has 2 aliphatic rings. The maximum atomic E-state index is 12.8. The highest BCUT2D eigenvalue weighted by Crippen LogP contribution is 2.32. The molecule has 1 aromatic carbocycles. The van der Waals surface area contributed by atoms with Gasteiger partial charge in [0.05, 0.1) is 24.6 Å². The van der Waals surface area contributed by atoms with Crippen LogP contribution in [0.15, 0.2) is 30.3 Å². The van der Waals surface area contributed by atoms with Gasteiger partial charge in [-0.05, 0) is 32.4 Å². The van der Waals surface area contributed by atoms with Crippen LogP contribution in [0.2, 0.25) is 0 Å². The number of hydrogen-bond donors (Lipinski definition) is 1. The van der Waals surface area contributed by atoms with E-state index in [1.54, 1.807) is 0 Å². The summed E-state index contributed by atoms with van der Waals surface area (Å²) in [4.78, 5) is 14.9. The van der Waals surface area contributed by atoms with Gasteiger partial charge in [0.25, 0.3) is 0 Å². The summed E-state index contributed by atoms with van der Waals surface area (Å²) in [6.45, 7) is 6.55. The SMILES string of the molecule is C[C@@H]1CO[C@H](c2ccccc2)[C@H](C)N1C(=O)[C@H]1CCNC1. The van der Waals surface area contributed by atoms with Crippen LogP contribution in [0, 0.1) is 5.92 Å². The van der Waals surface area contributed by atoms with Gasteiger partial charge in [0.15, 0.2) is 0 Å². The van der Waals surface area contributed by atoms with Gasteiger partial charge >= 0.3 is 0 Å². The molecule has 3 rings (SSSR count). The lowest BCUT2D eigenvalue weighted by Gasteiger charge is -2.44. The molecule has 0 spiro atoms. The summed E-state index contributed by atoms with van der Waals surface area (Å²) >= 11 is 0. The van der Waals surface area contributed by atoms with Crippen LogP contribution >= 0.6 is 0 Å². The Morgan fingerprint density at radius 2 is 2.05 bits per heavy atom. The molecule has 2 aliphatic heterocycles. The third-order valence-corrected chi connectivity index (χ3v) is 4.66. The quantitative estimate of drug-likeness (QED) is 0.904. The first-order valence-electron chi connectivity index (χ1n) is 7.88. The van der Waals surface area contributed by atoms with E-state index in [1.165, 1.54) is 0 Å². The van der Waals surface area contributed by atoms with Crippen LogP contribution in [0.4, 0.5) is 0 Å². The van der Waals surface area contributed by atoms with Crippen LogP contribution < -0.4 is 5.32 Å². The summed E-state index contributed by atoms with van der Waals surface area (Å²) in [5, 5.41) is 3.29. The number of carbonyl (C=O) groups excluding carboxylic acids is 1. The van der Waals surface area contributed by atoms with Gasteiger partial charge in [-0.3, -0.25) is 4.79 Å². The molecule has 21 heavy (non-hydrogen) atoms. The van der Waals surface area contributed by atoms with E-state index in [2.05, 4.69) is 36.2 Å².